The van der Waals surface area contributed by atoms with E-state index in [1.165, 1.54) is 0 Å². The second kappa shape index (κ2) is 5.46. The molecule has 2 aromatic heterocycles. The molecule has 0 bridgehead atoms. The van der Waals surface area contributed by atoms with E-state index in [2.05, 4.69) is 36.8 Å². The highest BCUT2D eigenvalue weighted by Crippen LogP contribution is 2.36. The molecule has 2 heterocycles. The van der Waals surface area contributed by atoms with Gasteiger partial charge in [-0.1, -0.05) is 6.07 Å². The fourth-order valence-electron chi connectivity index (χ4n) is 1.92. The normalized spacial score (nSPS) is 10.9. The summed E-state index contributed by atoms with van der Waals surface area (Å²) < 4.78 is 9.40. The number of nitrogen functional groups attached to an aromatic ring is 1. The quantitative estimate of drug-likeness (QED) is 0.680. The van der Waals surface area contributed by atoms with E-state index < -0.39 is 0 Å². The second-order valence-electron chi connectivity index (χ2n) is 4.30. The van der Waals surface area contributed by atoms with E-state index in [9.17, 15) is 0 Å². The Morgan fingerprint density at radius 1 is 1.20 bits per heavy atom. The summed E-state index contributed by atoms with van der Waals surface area (Å²) in [5.74, 6) is 0.719. The van der Waals surface area contributed by atoms with Crippen LogP contribution in [0.15, 0.2) is 51.7 Å². The third-order valence-electron chi connectivity index (χ3n) is 2.80. The lowest BCUT2D eigenvalue weighted by Gasteiger charge is -2.09. The zero-order valence-corrected chi connectivity index (χ0v) is 13.6. The summed E-state index contributed by atoms with van der Waals surface area (Å²) in [5, 5.41) is 0. The Kier molecular flexibility index (Phi) is 3.67. The molecule has 102 valence electrons. The summed E-state index contributed by atoms with van der Waals surface area (Å²) in [7, 11) is 0. The standard InChI is InChI=1S/C14H11Br2N3O/c15-11-5-9(17)6-12(16)14(11)20-8-10-7-19-4-2-1-3-13(19)18-10/h1-7H,8,17H2. The molecule has 4 nitrogen and oxygen atoms in total. The minimum Gasteiger partial charge on any atom is -0.485 e. The molecule has 0 spiro atoms. The predicted molar refractivity (Wildman–Crippen MR) is 85.8 cm³/mol. The lowest BCUT2D eigenvalue weighted by Crippen LogP contribution is -1.98. The van der Waals surface area contributed by atoms with E-state index >= 15 is 0 Å². The molecule has 0 saturated carbocycles. The minimum absolute atomic E-state index is 0.392. The van der Waals surface area contributed by atoms with Gasteiger partial charge in [-0.05, 0) is 56.1 Å². The second-order valence-corrected chi connectivity index (χ2v) is 6.01. The number of halogens is 2. The van der Waals surface area contributed by atoms with Crippen LogP contribution in [0.4, 0.5) is 5.69 Å². The summed E-state index contributed by atoms with van der Waals surface area (Å²) in [4.78, 5) is 4.49. The topological polar surface area (TPSA) is 52.5 Å². The number of pyridine rings is 1. The number of ether oxygens (including phenoxy) is 1. The summed E-state index contributed by atoms with van der Waals surface area (Å²) in [5.41, 5.74) is 8.20. The molecule has 3 aromatic rings. The minimum atomic E-state index is 0.392. The molecule has 0 saturated heterocycles. The number of hydrogen-bond acceptors (Lipinski definition) is 3. The first kappa shape index (κ1) is 13.5. The van der Waals surface area contributed by atoms with E-state index in [0.29, 0.717) is 12.3 Å². The van der Waals surface area contributed by atoms with Gasteiger partial charge in [-0.15, -0.1) is 0 Å². The molecule has 3 rings (SSSR count). The Bertz CT molecular complexity index is 714. The first-order valence-corrected chi connectivity index (χ1v) is 7.52. The molecule has 0 aliphatic rings. The average molecular weight is 397 g/mol. The summed E-state index contributed by atoms with van der Waals surface area (Å²) >= 11 is 6.89. The van der Waals surface area contributed by atoms with Gasteiger partial charge in [-0.3, -0.25) is 0 Å². The van der Waals surface area contributed by atoms with Crippen LogP contribution in [-0.4, -0.2) is 9.38 Å². The van der Waals surface area contributed by atoms with Crippen molar-refractivity contribution in [2.24, 2.45) is 0 Å². The van der Waals surface area contributed by atoms with Crippen molar-refractivity contribution < 1.29 is 4.74 Å². The molecule has 0 aliphatic carbocycles. The van der Waals surface area contributed by atoms with Crippen molar-refractivity contribution in [3.05, 3.63) is 57.4 Å². The number of nitrogens with zero attached hydrogens (tertiary/aromatic N) is 2. The van der Waals surface area contributed by atoms with Gasteiger partial charge < -0.3 is 14.9 Å². The van der Waals surface area contributed by atoms with Crippen LogP contribution in [0.1, 0.15) is 5.69 Å². The molecule has 0 radical (unpaired) electrons. The lowest BCUT2D eigenvalue weighted by molar-refractivity contribution is 0.298. The fraction of sp³-hybridized carbons (Fsp3) is 0.0714. The third-order valence-corrected chi connectivity index (χ3v) is 3.98. The number of hydrogen-bond donors (Lipinski definition) is 1. The van der Waals surface area contributed by atoms with Gasteiger partial charge in [0.2, 0.25) is 0 Å². The maximum Gasteiger partial charge on any atom is 0.148 e. The maximum atomic E-state index is 5.81. The molecule has 20 heavy (non-hydrogen) atoms. The van der Waals surface area contributed by atoms with Gasteiger partial charge in [-0.2, -0.15) is 0 Å². The van der Waals surface area contributed by atoms with Gasteiger partial charge in [0.15, 0.2) is 0 Å². The van der Waals surface area contributed by atoms with Crippen LogP contribution in [0.25, 0.3) is 5.65 Å². The smallest absolute Gasteiger partial charge is 0.148 e. The SMILES string of the molecule is Nc1cc(Br)c(OCc2cn3ccccc3n2)c(Br)c1. The van der Waals surface area contributed by atoms with E-state index in [1.807, 2.05) is 47.1 Å². The van der Waals surface area contributed by atoms with Gasteiger partial charge in [0.1, 0.15) is 18.0 Å². The van der Waals surface area contributed by atoms with Gasteiger partial charge in [-0.25, -0.2) is 4.98 Å². The number of rotatable bonds is 3. The fourth-order valence-corrected chi connectivity index (χ4v) is 3.37. The Labute approximate surface area is 132 Å². The van der Waals surface area contributed by atoms with Crippen molar-refractivity contribution in [1.82, 2.24) is 9.38 Å². The summed E-state index contributed by atoms with van der Waals surface area (Å²) in [6.45, 7) is 0.392. The number of fused-ring (bicyclic) bond motifs is 1. The summed E-state index contributed by atoms with van der Waals surface area (Å²) in [6.07, 6.45) is 3.91. The van der Waals surface area contributed by atoms with Crippen LogP contribution in [0.2, 0.25) is 0 Å². The van der Waals surface area contributed by atoms with Crippen LogP contribution < -0.4 is 10.5 Å². The van der Waals surface area contributed by atoms with E-state index in [-0.39, 0.29) is 0 Å². The summed E-state index contributed by atoms with van der Waals surface area (Å²) in [6, 6.07) is 9.50. The third kappa shape index (κ3) is 2.66. The molecule has 0 unspecified atom stereocenters. The van der Waals surface area contributed by atoms with Crippen LogP contribution in [0.3, 0.4) is 0 Å². The highest BCUT2D eigenvalue weighted by Gasteiger charge is 2.09. The zero-order chi connectivity index (χ0) is 14.1. The van der Waals surface area contributed by atoms with E-state index in [4.69, 9.17) is 10.5 Å². The first-order valence-electron chi connectivity index (χ1n) is 5.93. The Morgan fingerprint density at radius 2 is 1.95 bits per heavy atom. The van der Waals surface area contributed by atoms with Crippen molar-refractivity contribution in [3.8, 4) is 5.75 Å². The number of imidazole rings is 1. The Balaban J connectivity index is 1.83. The maximum absolute atomic E-state index is 5.81. The van der Waals surface area contributed by atoms with Gasteiger partial charge >= 0.3 is 0 Å². The number of anilines is 1. The first-order chi connectivity index (χ1) is 9.63. The van der Waals surface area contributed by atoms with Crippen LogP contribution in [0.5, 0.6) is 5.75 Å². The lowest BCUT2D eigenvalue weighted by atomic mass is 10.3. The van der Waals surface area contributed by atoms with Crippen LogP contribution >= 0.6 is 31.9 Å². The van der Waals surface area contributed by atoms with Crippen molar-refractivity contribution >= 4 is 43.2 Å². The average Bonchev–Trinajstić information content (AvgIpc) is 2.80. The highest BCUT2D eigenvalue weighted by molar-refractivity contribution is 9.11. The molecular weight excluding hydrogens is 386 g/mol. The van der Waals surface area contributed by atoms with Gasteiger partial charge in [0.05, 0.1) is 14.6 Å². The van der Waals surface area contributed by atoms with Crippen molar-refractivity contribution in [2.45, 2.75) is 6.61 Å². The molecular formula is C14H11Br2N3O. The van der Waals surface area contributed by atoms with Crippen molar-refractivity contribution in [3.63, 3.8) is 0 Å². The van der Waals surface area contributed by atoms with Crippen molar-refractivity contribution in [2.75, 3.05) is 5.73 Å². The largest absolute Gasteiger partial charge is 0.485 e. The van der Waals surface area contributed by atoms with E-state index in [1.54, 1.807) is 0 Å². The Hall–Kier alpha value is -1.53. The molecule has 0 atom stereocenters. The molecule has 0 amide bonds. The zero-order valence-electron chi connectivity index (χ0n) is 10.4. The monoisotopic (exact) mass is 395 g/mol. The van der Waals surface area contributed by atoms with Crippen LogP contribution in [0, 0.1) is 0 Å². The predicted octanol–water partition coefficient (Wildman–Crippen LogP) is 4.02. The highest BCUT2D eigenvalue weighted by atomic mass is 79.9. The number of nitrogens with two attached hydrogens (primary N) is 1. The van der Waals surface area contributed by atoms with Crippen LogP contribution in [-0.2, 0) is 6.61 Å². The van der Waals surface area contributed by atoms with E-state index in [0.717, 1.165) is 26.0 Å². The van der Waals surface area contributed by atoms with Crippen molar-refractivity contribution in [1.29, 1.82) is 0 Å². The molecule has 1 aromatic carbocycles. The molecule has 0 aliphatic heterocycles. The Morgan fingerprint density at radius 3 is 2.65 bits per heavy atom. The molecule has 0 fully saturated rings. The molecule has 6 heteroatoms. The van der Waals surface area contributed by atoms with Gasteiger partial charge in [0, 0.05) is 18.1 Å². The number of aromatic nitrogens is 2. The number of benzene rings is 1. The van der Waals surface area contributed by atoms with Gasteiger partial charge in [0.25, 0.3) is 0 Å². The molecule has 2 N–H and O–H groups in total.